The summed E-state index contributed by atoms with van der Waals surface area (Å²) in [6.07, 6.45) is 0.517. The van der Waals surface area contributed by atoms with Crippen molar-refractivity contribution in [2.45, 2.75) is 27.2 Å². The number of nitrogens with zero attached hydrogens (tertiary/aromatic N) is 4. The maximum atomic E-state index is 13.3. The molecule has 0 aliphatic carbocycles. The van der Waals surface area contributed by atoms with Crippen LogP contribution in [-0.2, 0) is 11.2 Å². The summed E-state index contributed by atoms with van der Waals surface area (Å²) in [5, 5.41) is 0. The van der Waals surface area contributed by atoms with Gasteiger partial charge in [0.1, 0.15) is 22.8 Å². The Morgan fingerprint density at radius 1 is 1.03 bits per heavy atom. The molecule has 0 atom stereocenters. The van der Waals surface area contributed by atoms with Crippen molar-refractivity contribution in [1.29, 1.82) is 0 Å². The summed E-state index contributed by atoms with van der Waals surface area (Å²) in [6, 6.07) is 7.87. The molecule has 2 heterocycles. The van der Waals surface area contributed by atoms with Crippen molar-refractivity contribution < 1.29 is 19.1 Å². The zero-order valence-electron chi connectivity index (χ0n) is 18.0. The normalized spacial score (nSPS) is 13.9. The van der Waals surface area contributed by atoms with Gasteiger partial charge < -0.3 is 19.3 Å². The quantitative estimate of drug-likeness (QED) is 0.674. The number of anilines is 1. The van der Waals surface area contributed by atoms with Crippen LogP contribution in [0.3, 0.4) is 0 Å². The average Bonchev–Trinajstić information content (AvgIpc) is 2.78. The van der Waals surface area contributed by atoms with E-state index >= 15 is 0 Å². The molecule has 0 spiro atoms. The molecule has 1 aromatic heterocycles. The molecule has 2 aromatic rings. The first kappa shape index (κ1) is 21.5. The second-order valence-corrected chi connectivity index (χ2v) is 6.99. The second-order valence-electron chi connectivity index (χ2n) is 6.99. The Bertz CT molecular complexity index is 906. The number of carbonyl (C=O) groups excluding carboxylic acids is 2. The van der Waals surface area contributed by atoms with Crippen molar-refractivity contribution in [2.75, 3.05) is 44.8 Å². The van der Waals surface area contributed by atoms with Crippen molar-refractivity contribution in [2.24, 2.45) is 0 Å². The van der Waals surface area contributed by atoms with Gasteiger partial charge in [-0.05, 0) is 44.5 Å². The van der Waals surface area contributed by atoms with Gasteiger partial charge in [-0.3, -0.25) is 4.79 Å². The van der Waals surface area contributed by atoms with E-state index in [4.69, 9.17) is 9.47 Å². The first-order valence-electron chi connectivity index (χ1n) is 10.2. The summed E-state index contributed by atoms with van der Waals surface area (Å²) in [5.74, 6) is 0.479. The number of benzene rings is 1. The van der Waals surface area contributed by atoms with Crippen LogP contribution in [0.25, 0.3) is 0 Å². The summed E-state index contributed by atoms with van der Waals surface area (Å²) in [5.41, 5.74) is 1.95. The van der Waals surface area contributed by atoms with Crippen molar-refractivity contribution in [3.05, 3.63) is 47.0 Å². The van der Waals surface area contributed by atoms with Crippen LogP contribution in [0.5, 0.6) is 5.75 Å². The summed E-state index contributed by atoms with van der Waals surface area (Å²) >= 11 is 0. The number of piperazine rings is 1. The fourth-order valence-corrected chi connectivity index (χ4v) is 3.57. The van der Waals surface area contributed by atoms with Gasteiger partial charge in [0.05, 0.1) is 19.4 Å². The van der Waals surface area contributed by atoms with Gasteiger partial charge in [0.2, 0.25) is 0 Å². The first-order valence-corrected chi connectivity index (χ1v) is 10.2. The second kappa shape index (κ2) is 9.56. The fraction of sp³-hybridized carbons (Fsp3) is 0.455. The van der Waals surface area contributed by atoms with E-state index < -0.39 is 5.97 Å². The summed E-state index contributed by atoms with van der Waals surface area (Å²) in [7, 11) is 1.64. The SMILES string of the molecule is CCOC(=O)c1c(CC)nc(C)nc1C(=O)N1CCN(c2ccc(OC)cc2)CC1. The van der Waals surface area contributed by atoms with Crippen LogP contribution in [-0.4, -0.2) is 66.6 Å². The van der Waals surface area contributed by atoms with E-state index in [0.717, 1.165) is 11.4 Å². The summed E-state index contributed by atoms with van der Waals surface area (Å²) in [6.45, 7) is 8.05. The molecule has 1 saturated heterocycles. The van der Waals surface area contributed by atoms with Crippen LogP contribution in [0, 0.1) is 6.92 Å². The van der Waals surface area contributed by atoms with E-state index in [1.54, 1.807) is 25.9 Å². The summed E-state index contributed by atoms with van der Waals surface area (Å²) in [4.78, 5) is 38.4. The molecular weight excluding hydrogens is 384 g/mol. The maximum Gasteiger partial charge on any atom is 0.342 e. The molecular formula is C22H28N4O4. The molecule has 30 heavy (non-hydrogen) atoms. The molecule has 0 saturated carbocycles. The van der Waals surface area contributed by atoms with Crippen LogP contribution >= 0.6 is 0 Å². The van der Waals surface area contributed by atoms with E-state index in [2.05, 4.69) is 14.9 Å². The Balaban J connectivity index is 1.78. The van der Waals surface area contributed by atoms with Crippen molar-refractivity contribution in [3.8, 4) is 5.75 Å². The third kappa shape index (κ3) is 4.53. The largest absolute Gasteiger partial charge is 0.497 e. The molecule has 160 valence electrons. The number of hydrogen-bond acceptors (Lipinski definition) is 7. The highest BCUT2D eigenvalue weighted by molar-refractivity contribution is 6.04. The highest BCUT2D eigenvalue weighted by Crippen LogP contribution is 2.22. The van der Waals surface area contributed by atoms with Gasteiger partial charge >= 0.3 is 5.97 Å². The van der Waals surface area contributed by atoms with Gasteiger partial charge in [-0.1, -0.05) is 6.92 Å². The lowest BCUT2D eigenvalue weighted by atomic mass is 10.1. The number of methoxy groups -OCH3 is 1. The van der Waals surface area contributed by atoms with Crippen LogP contribution in [0.2, 0.25) is 0 Å². The van der Waals surface area contributed by atoms with Gasteiger partial charge in [-0.25, -0.2) is 14.8 Å². The zero-order chi connectivity index (χ0) is 21.7. The van der Waals surface area contributed by atoms with Crippen molar-refractivity contribution in [1.82, 2.24) is 14.9 Å². The Labute approximate surface area is 176 Å². The molecule has 0 bridgehead atoms. The number of aromatic nitrogens is 2. The molecule has 0 unspecified atom stereocenters. The number of rotatable bonds is 6. The van der Waals surface area contributed by atoms with E-state index in [1.165, 1.54) is 0 Å². The average molecular weight is 412 g/mol. The number of hydrogen-bond donors (Lipinski definition) is 0. The predicted octanol–water partition coefficient (Wildman–Crippen LogP) is 2.50. The number of carbonyl (C=O) groups is 2. The van der Waals surface area contributed by atoms with Gasteiger partial charge in [0.25, 0.3) is 5.91 Å². The predicted molar refractivity (Wildman–Crippen MR) is 113 cm³/mol. The van der Waals surface area contributed by atoms with E-state index in [0.29, 0.717) is 44.1 Å². The van der Waals surface area contributed by atoms with Gasteiger partial charge in [0, 0.05) is 31.9 Å². The molecule has 0 radical (unpaired) electrons. The molecule has 1 fully saturated rings. The van der Waals surface area contributed by atoms with Crippen molar-refractivity contribution in [3.63, 3.8) is 0 Å². The van der Waals surface area contributed by atoms with Gasteiger partial charge in [-0.2, -0.15) is 0 Å². The van der Waals surface area contributed by atoms with E-state index in [-0.39, 0.29) is 23.8 Å². The monoisotopic (exact) mass is 412 g/mol. The topological polar surface area (TPSA) is 84.9 Å². The molecule has 1 aromatic carbocycles. The Hall–Kier alpha value is -3.16. The highest BCUT2D eigenvalue weighted by atomic mass is 16.5. The third-order valence-electron chi connectivity index (χ3n) is 5.12. The third-order valence-corrected chi connectivity index (χ3v) is 5.12. The standard InChI is InChI=1S/C22H28N4O4/c1-5-18-19(22(28)30-6-2)20(24-15(3)23-18)21(27)26-13-11-25(12-14-26)16-7-9-17(29-4)10-8-16/h7-10H,5-6,11-14H2,1-4H3. The van der Waals surface area contributed by atoms with Gasteiger partial charge in [-0.15, -0.1) is 0 Å². The molecule has 1 amide bonds. The van der Waals surface area contributed by atoms with E-state index in [1.807, 2.05) is 31.2 Å². The smallest absolute Gasteiger partial charge is 0.342 e. The number of aryl methyl sites for hydroxylation is 2. The number of ether oxygens (including phenoxy) is 2. The molecule has 8 nitrogen and oxygen atoms in total. The molecule has 3 rings (SSSR count). The Kier molecular flexibility index (Phi) is 6.87. The lowest BCUT2D eigenvalue weighted by Gasteiger charge is -2.36. The zero-order valence-corrected chi connectivity index (χ0v) is 18.0. The molecule has 1 aliphatic rings. The minimum absolute atomic E-state index is 0.135. The van der Waals surface area contributed by atoms with Crippen LogP contribution in [0.1, 0.15) is 46.2 Å². The lowest BCUT2D eigenvalue weighted by molar-refractivity contribution is 0.0514. The number of amides is 1. The van der Waals surface area contributed by atoms with Gasteiger partial charge in [0.15, 0.2) is 0 Å². The minimum atomic E-state index is -0.547. The minimum Gasteiger partial charge on any atom is -0.497 e. The van der Waals surface area contributed by atoms with Crippen LogP contribution in [0.15, 0.2) is 24.3 Å². The highest BCUT2D eigenvalue weighted by Gasteiger charge is 2.30. The molecule has 1 aliphatic heterocycles. The first-order chi connectivity index (χ1) is 14.5. The fourth-order valence-electron chi connectivity index (χ4n) is 3.57. The number of esters is 1. The maximum absolute atomic E-state index is 13.3. The lowest BCUT2D eigenvalue weighted by Crippen LogP contribution is -2.49. The Morgan fingerprint density at radius 3 is 2.27 bits per heavy atom. The molecule has 8 heteroatoms. The van der Waals surface area contributed by atoms with Crippen LogP contribution < -0.4 is 9.64 Å². The van der Waals surface area contributed by atoms with E-state index in [9.17, 15) is 9.59 Å². The summed E-state index contributed by atoms with van der Waals surface area (Å²) < 4.78 is 10.4. The van der Waals surface area contributed by atoms with Crippen molar-refractivity contribution >= 4 is 17.6 Å². The molecule has 0 N–H and O–H groups in total. The Morgan fingerprint density at radius 2 is 1.70 bits per heavy atom. The van der Waals surface area contributed by atoms with Crippen LogP contribution in [0.4, 0.5) is 5.69 Å².